The Labute approximate surface area is 123 Å². The lowest BCUT2D eigenvalue weighted by atomic mass is 9.80. The summed E-state index contributed by atoms with van der Waals surface area (Å²) < 4.78 is 13.4. The first kappa shape index (κ1) is 13.8. The van der Waals surface area contributed by atoms with Crippen molar-refractivity contribution in [1.29, 1.82) is 0 Å². The zero-order valence-corrected chi connectivity index (χ0v) is 11.7. The molecule has 0 fully saturated rings. The smallest absolute Gasteiger partial charge is 0.303 e. The van der Waals surface area contributed by atoms with Crippen molar-refractivity contribution < 1.29 is 14.3 Å². The van der Waals surface area contributed by atoms with E-state index in [1.54, 1.807) is 6.07 Å². The highest BCUT2D eigenvalue weighted by atomic mass is 19.1. The van der Waals surface area contributed by atoms with Crippen LogP contribution >= 0.6 is 0 Å². The largest absolute Gasteiger partial charge is 0.481 e. The number of rotatable bonds is 3. The van der Waals surface area contributed by atoms with Gasteiger partial charge in [0.15, 0.2) is 0 Å². The average Bonchev–Trinajstić information content (AvgIpc) is 2.47. The van der Waals surface area contributed by atoms with Crippen molar-refractivity contribution >= 4 is 5.97 Å². The van der Waals surface area contributed by atoms with Crippen LogP contribution in [-0.2, 0) is 11.2 Å². The number of benzene rings is 2. The van der Waals surface area contributed by atoms with Gasteiger partial charge in [-0.05, 0) is 59.6 Å². The zero-order valence-electron chi connectivity index (χ0n) is 11.7. The van der Waals surface area contributed by atoms with E-state index < -0.39 is 5.97 Å². The van der Waals surface area contributed by atoms with Gasteiger partial charge in [0.25, 0.3) is 0 Å². The van der Waals surface area contributed by atoms with Gasteiger partial charge in [-0.3, -0.25) is 4.79 Å². The number of aliphatic carboxylic acids is 1. The van der Waals surface area contributed by atoms with Crippen LogP contribution in [0.3, 0.4) is 0 Å². The molecule has 0 aromatic heterocycles. The number of carboxylic acids is 1. The Morgan fingerprint density at radius 3 is 2.76 bits per heavy atom. The lowest BCUT2D eigenvalue weighted by Crippen LogP contribution is -2.13. The van der Waals surface area contributed by atoms with Gasteiger partial charge >= 0.3 is 5.97 Å². The van der Waals surface area contributed by atoms with E-state index in [2.05, 4.69) is 6.07 Å². The number of aryl methyl sites for hydroxylation is 1. The summed E-state index contributed by atoms with van der Waals surface area (Å²) >= 11 is 0. The highest BCUT2D eigenvalue weighted by Crippen LogP contribution is 2.36. The Morgan fingerprint density at radius 2 is 2.00 bits per heavy atom. The van der Waals surface area contributed by atoms with Crippen LogP contribution in [-0.4, -0.2) is 11.1 Å². The molecule has 0 bridgehead atoms. The maximum absolute atomic E-state index is 13.4. The Balaban J connectivity index is 2.00. The zero-order chi connectivity index (χ0) is 14.8. The molecule has 2 nitrogen and oxygen atoms in total. The van der Waals surface area contributed by atoms with Crippen LogP contribution in [0.5, 0.6) is 0 Å². The van der Waals surface area contributed by atoms with Gasteiger partial charge in [0, 0.05) is 0 Å². The van der Waals surface area contributed by atoms with Crippen molar-refractivity contribution in [3.05, 3.63) is 59.4 Å². The maximum Gasteiger partial charge on any atom is 0.303 e. The predicted octanol–water partition coefficient (Wildman–Crippen LogP) is 4.39. The van der Waals surface area contributed by atoms with E-state index >= 15 is 0 Å². The second-order valence-electron chi connectivity index (χ2n) is 5.61. The molecule has 108 valence electrons. The SMILES string of the molecule is O=C(O)CC1CCCc2ccc(-c3cccc(F)c3)cc21. The quantitative estimate of drug-likeness (QED) is 0.907. The van der Waals surface area contributed by atoms with Gasteiger partial charge in [-0.15, -0.1) is 0 Å². The molecule has 1 N–H and O–H groups in total. The summed E-state index contributed by atoms with van der Waals surface area (Å²) in [6.45, 7) is 0. The minimum atomic E-state index is -0.760. The molecule has 0 spiro atoms. The molecule has 0 amide bonds. The first-order chi connectivity index (χ1) is 10.1. The molecule has 1 aliphatic rings. The second kappa shape index (κ2) is 5.68. The molecule has 3 rings (SSSR count). The van der Waals surface area contributed by atoms with Gasteiger partial charge < -0.3 is 5.11 Å². The summed E-state index contributed by atoms with van der Waals surface area (Å²) in [5.41, 5.74) is 4.13. The van der Waals surface area contributed by atoms with Gasteiger partial charge in [-0.2, -0.15) is 0 Å². The van der Waals surface area contributed by atoms with E-state index in [0.717, 1.165) is 36.0 Å². The van der Waals surface area contributed by atoms with E-state index in [4.69, 9.17) is 5.11 Å². The summed E-state index contributed by atoms with van der Waals surface area (Å²) in [7, 11) is 0. The minimum absolute atomic E-state index is 0.0692. The molecule has 0 saturated heterocycles. The summed E-state index contributed by atoms with van der Waals surface area (Å²) in [6, 6.07) is 12.6. The second-order valence-corrected chi connectivity index (χ2v) is 5.61. The predicted molar refractivity (Wildman–Crippen MR) is 79.8 cm³/mol. The molecule has 3 heteroatoms. The first-order valence-electron chi connectivity index (χ1n) is 7.24. The number of fused-ring (bicyclic) bond motifs is 1. The Bertz CT molecular complexity index is 679. The Kier molecular flexibility index (Phi) is 3.74. The fourth-order valence-corrected chi connectivity index (χ4v) is 3.17. The number of hydrogen-bond donors (Lipinski definition) is 1. The number of hydrogen-bond acceptors (Lipinski definition) is 1. The highest BCUT2D eigenvalue weighted by molar-refractivity contribution is 5.70. The fraction of sp³-hybridized carbons (Fsp3) is 0.278. The van der Waals surface area contributed by atoms with Crippen LogP contribution in [0.4, 0.5) is 4.39 Å². The van der Waals surface area contributed by atoms with Crippen molar-refractivity contribution in [3.63, 3.8) is 0 Å². The highest BCUT2D eigenvalue weighted by Gasteiger charge is 2.22. The van der Waals surface area contributed by atoms with Crippen molar-refractivity contribution in [2.45, 2.75) is 31.6 Å². The standard InChI is InChI=1S/C18H17FO2/c19-16-6-2-4-13(9-16)14-8-7-12-3-1-5-15(11-18(20)21)17(12)10-14/h2,4,6-10,15H,1,3,5,11H2,(H,20,21). The molecule has 21 heavy (non-hydrogen) atoms. The van der Waals surface area contributed by atoms with Gasteiger partial charge in [0.05, 0.1) is 6.42 Å². The molecule has 2 aromatic carbocycles. The lowest BCUT2D eigenvalue weighted by molar-refractivity contribution is -0.137. The van der Waals surface area contributed by atoms with Crippen LogP contribution in [0.1, 0.15) is 36.3 Å². The van der Waals surface area contributed by atoms with E-state index in [1.807, 2.05) is 18.2 Å². The van der Waals surface area contributed by atoms with E-state index in [0.29, 0.717) is 0 Å². The third kappa shape index (κ3) is 2.97. The molecular formula is C18H17FO2. The van der Waals surface area contributed by atoms with E-state index in [9.17, 15) is 9.18 Å². The molecule has 1 unspecified atom stereocenters. The van der Waals surface area contributed by atoms with Gasteiger partial charge in [-0.25, -0.2) is 4.39 Å². The lowest BCUT2D eigenvalue weighted by Gasteiger charge is -2.25. The van der Waals surface area contributed by atoms with Crippen molar-refractivity contribution in [3.8, 4) is 11.1 Å². The van der Waals surface area contributed by atoms with Crippen molar-refractivity contribution in [2.24, 2.45) is 0 Å². The monoisotopic (exact) mass is 284 g/mol. The number of carboxylic acid groups (broad SMARTS) is 1. The molecule has 0 heterocycles. The summed E-state index contributed by atoms with van der Waals surface area (Å²) in [6.07, 6.45) is 3.10. The summed E-state index contributed by atoms with van der Waals surface area (Å²) in [4.78, 5) is 11.0. The normalized spacial score (nSPS) is 17.3. The van der Waals surface area contributed by atoms with E-state index in [-0.39, 0.29) is 18.2 Å². The Hall–Kier alpha value is -2.16. The van der Waals surface area contributed by atoms with E-state index in [1.165, 1.54) is 17.7 Å². The Morgan fingerprint density at radius 1 is 1.19 bits per heavy atom. The van der Waals surface area contributed by atoms with Crippen molar-refractivity contribution in [1.82, 2.24) is 0 Å². The summed E-state index contributed by atoms with van der Waals surface area (Å²) in [5.74, 6) is -0.948. The first-order valence-corrected chi connectivity index (χ1v) is 7.24. The molecule has 0 saturated carbocycles. The van der Waals surface area contributed by atoms with Crippen LogP contribution in [0, 0.1) is 5.82 Å². The number of carbonyl (C=O) groups is 1. The van der Waals surface area contributed by atoms with Crippen LogP contribution in [0.15, 0.2) is 42.5 Å². The van der Waals surface area contributed by atoms with Crippen LogP contribution in [0.2, 0.25) is 0 Å². The van der Waals surface area contributed by atoms with Crippen LogP contribution < -0.4 is 0 Å². The molecule has 1 atom stereocenters. The molecule has 2 aromatic rings. The van der Waals surface area contributed by atoms with Gasteiger partial charge in [0.1, 0.15) is 5.82 Å². The minimum Gasteiger partial charge on any atom is -0.481 e. The third-order valence-electron chi connectivity index (χ3n) is 4.16. The molecule has 1 aliphatic carbocycles. The molecule has 0 aliphatic heterocycles. The molecular weight excluding hydrogens is 267 g/mol. The topological polar surface area (TPSA) is 37.3 Å². The summed E-state index contributed by atoms with van der Waals surface area (Å²) in [5, 5.41) is 9.06. The maximum atomic E-state index is 13.4. The average molecular weight is 284 g/mol. The fourth-order valence-electron chi connectivity index (χ4n) is 3.17. The van der Waals surface area contributed by atoms with Crippen LogP contribution in [0.25, 0.3) is 11.1 Å². The van der Waals surface area contributed by atoms with Gasteiger partial charge in [0.2, 0.25) is 0 Å². The van der Waals surface area contributed by atoms with Gasteiger partial charge in [-0.1, -0.05) is 30.3 Å². The molecule has 0 radical (unpaired) electrons. The third-order valence-corrected chi connectivity index (χ3v) is 4.16. The number of halogens is 1. The van der Waals surface area contributed by atoms with Crippen molar-refractivity contribution in [2.75, 3.05) is 0 Å².